The molecule has 0 bridgehead atoms. The number of hydrogen-bond acceptors (Lipinski definition) is 6. The lowest BCUT2D eigenvalue weighted by atomic mass is 9.86. The molecule has 2 aliphatic rings. The number of hydrogen-bond donors (Lipinski definition) is 2. The minimum absolute atomic E-state index is 0.0240. The number of ether oxygens (including phenoxy) is 1. The van der Waals surface area contributed by atoms with Gasteiger partial charge >= 0.3 is 6.18 Å². The van der Waals surface area contributed by atoms with Gasteiger partial charge in [0.15, 0.2) is 0 Å². The SMILES string of the molecule is COc1cc(C(C)(O)c2cccc(C(F)(F)F)c2)ccc1-c1nc([C@@H]2CC[C@H]3CC(C)(C)C(=O)N3C2)n2ccnc(N)c12. The summed E-state index contributed by atoms with van der Waals surface area (Å²) in [5.74, 6) is 1.53. The molecule has 6 rings (SSSR count). The molecule has 0 saturated carbocycles. The predicted octanol–water partition coefficient (Wildman–Crippen LogP) is 5.77. The largest absolute Gasteiger partial charge is 0.496 e. The molecular weight excluding hydrogens is 559 g/mol. The number of halogens is 3. The molecule has 2 saturated heterocycles. The van der Waals surface area contributed by atoms with Crippen molar-refractivity contribution in [3.05, 3.63) is 77.4 Å². The molecule has 8 nitrogen and oxygen atoms in total. The van der Waals surface area contributed by atoms with E-state index >= 15 is 0 Å². The van der Waals surface area contributed by atoms with Crippen molar-refractivity contribution < 1.29 is 27.8 Å². The minimum atomic E-state index is -4.54. The summed E-state index contributed by atoms with van der Waals surface area (Å²) in [5.41, 5.74) is 5.55. The van der Waals surface area contributed by atoms with E-state index in [2.05, 4.69) is 4.98 Å². The molecule has 1 amide bonds. The van der Waals surface area contributed by atoms with Gasteiger partial charge in [-0.15, -0.1) is 0 Å². The fourth-order valence-corrected chi connectivity index (χ4v) is 6.68. The molecule has 4 aromatic rings. The number of rotatable bonds is 5. The van der Waals surface area contributed by atoms with Gasteiger partial charge < -0.3 is 20.5 Å². The third kappa shape index (κ3) is 4.79. The van der Waals surface area contributed by atoms with E-state index < -0.39 is 17.3 Å². The van der Waals surface area contributed by atoms with Gasteiger partial charge in [-0.1, -0.05) is 32.0 Å². The Bertz CT molecular complexity index is 1730. The number of aliphatic hydroxyl groups is 1. The molecule has 0 spiro atoms. The monoisotopic (exact) mass is 593 g/mol. The lowest BCUT2D eigenvalue weighted by molar-refractivity contribution is -0.138. The molecule has 1 unspecified atom stereocenters. The number of fused-ring (bicyclic) bond motifs is 2. The van der Waals surface area contributed by atoms with Crippen LogP contribution in [0.4, 0.5) is 19.0 Å². The number of carbonyl (C=O) groups excluding carboxylic acids is 1. The van der Waals surface area contributed by atoms with Gasteiger partial charge in [0, 0.05) is 41.9 Å². The molecule has 0 radical (unpaired) electrons. The zero-order chi connectivity index (χ0) is 30.9. The number of nitrogens with zero attached hydrogens (tertiary/aromatic N) is 4. The van der Waals surface area contributed by atoms with Crippen LogP contribution in [0.2, 0.25) is 0 Å². The Morgan fingerprint density at radius 2 is 1.81 bits per heavy atom. The zero-order valence-corrected chi connectivity index (χ0v) is 24.4. The first kappa shape index (κ1) is 29.0. The summed E-state index contributed by atoms with van der Waals surface area (Å²) in [5, 5.41) is 11.4. The highest BCUT2D eigenvalue weighted by molar-refractivity contribution is 5.88. The van der Waals surface area contributed by atoms with Gasteiger partial charge in [0.2, 0.25) is 5.91 Å². The van der Waals surface area contributed by atoms with Gasteiger partial charge in [0.25, 0.3) is 0 Å². The molecule has 2 fully saturated rings. The van der Waals surface area contributed by atoms with E-state index in [0.717, 1.165) is 37.2 Å². The number of amides is 1. The molecule has 11 heteroatoms. The second-order valence-electron chi connectivity index (χ2n) is 12.4. The van der Waals surface area contributed by atoms with Crippen LogP contribution in [0.3, 0.4) is 0 Å². The first-order valence-electron chi connectivity index (χ1n) is 14.2. The summed E-state index contributed by atoms with van der Waals surface area (Å²) in [7, 11) is 1.48. The average molecular weight is 594 g/mol. The van der Waals surface area contributed by atoms with Crippen molar-refractivity contribution in [3.8, 4) is 17.0 Å². The highest BCUT2D eigenvalue weighted by Crippen LogP contribution is 2.45. The third-order valence-electron chi connectivity index (χ3n) is 9.04. The number of benzene rings is 2. The molecule has 3 N–H and O–H groups in total. The molecule has 0 aliphatic carbocycles. The lowest BCUT2D eigenvalue weighted by Gasteiger charge is -2.34. The molecule has 2 aromatic heterocycles. The lowest BCUT2D eigenvalue weighted by Crippen LogP contribution is -2.42. The number of nitrogens with two attached hydrogens (primary N) is 1. The van der Waals surface area contributed by atoms with Crippen LogP contribution in [0.25, 0.3) is 16.8 Å². The fourth-order valence-electron chi connectivity index (χ4n) is 6.68. The number of nitrogen functional groups attached to an aromatic ring is 1. The van der Waals surface area contributed by atoms with Gasteiger partial charge in [-0.05, 0) is 61.6 Å². The smallest absolute Gasteiger partial charge is 0.416 e. The highest BCUT2D eigenvalue weighted by atomic mass is 19.4. The van der Waals surface area contributed by atoms with Crippen LogP contribution < -0.4 is 10.5 Å². The summed E-state index contributed by atoms with van der Waals surface area (Å²) in [6.45, 7) is 6.00. The first-order valence-corrected chi connectivity index (χ1v) is 14.2. The van der Waals surface area contributed by atoms with Crippen molar-refractivity contribution in [2.45, 2.75) is 63.8 Å². The number of alkyl halides is 3. The summed E-state index contributed by atoms with van der Waals surface area (Å²) in [4.78, 5) is 24.5. The number of anilines is 1. The van der Waals surface area contributed by atoms with E-state index in [1.807, 2.05) is 23.1 Å². The summed E-state index contributed by atoms with van der Waals surface area (Å²) < 4.78 is 47.8. The maximum absolute atomic E-state index is 13.4. The Balaban J connectivity index is 1.41. The average Bonchev–Trinajstić information content (AvgIpc) is 3.47. The van der Waals surface area contributed by atoms with E-state index in [0.29, 0.717) is 34.6 Å². The quantitative estimate of drug-likeness (QED) is 0.305. The van der Waals surface area contributed by atoms with Crippen molar-refractivity contribution in [1.82, 2.24) is 19.3 Å². The van der Waals surface area contributed by atoms with Crippen molar-refractivity contribution in [1.29, 1.82) is 0 Å². The van der Waals surface area contributed by atoms with E-state index in [-0.39, 0.29) is 34.7 Å². The van der Waals surface area contributed by atoms with Crippen molar-refractivity contribution in [2.75, 3.05) is 19.4 Å². The predicted molar refractivity (Wildman–Crippen MR) is 155 cm³/mol. The van der Waals surface area contributed by atoms with Gasteiger partial charge in [-0.2, -0.15) is 13.2 Å². The first-order chi connectivity index (χ1) is 20.2. The molecular formula is C32H34F3N5O3. The Hall–Kier alpha value is -4.12. The van der Waals surface area contributed by atoms with Crippen LogP contribution in [0.15, 0.2) is 54.9 Å². The van der Waals surface area contributed by atoms with Crippen LogP contribution >= 0.6 is 0 Å². The Morgan fingerprint density at radius 3 is 2.53 bits per heavy atom. The van der Waals surface area contributed by atoms with Gasteiger partial charge in [-0.3, -0.25) is 9.20 Å². The van der Waals surface area contributed by atoms with E-state index in [4.69, 9.17) is 15.5 Å². The highest BCUT2D eigenvalue weighted by Gasteiger charge is 2.48. The van der Waals surface area contributed by atoms with Crippen molar-refractivity contribution >= 4 is 17.2 Å². The molecule has 3 atom stereocenters. The molecule has 2 aromatic carbocycles. The van der Waals surface area contributed by atoms with Gasteiger partial charge in [0.05, 0.1) is 12.7 Å². The van der Waals surface area contributed by atoms with E-state index in [1.165, 1.54) is 26.2 Å². The molecule has 4 heterocycles. The Kier molecular flexibility index (Phi) is 6.72. The number of piperidine rings is 1. The van der Waals surface area contributed by atoms with Crippen LogP contribution in [0, 0.1) is 5.41 Å². The molecule has 2 aliphatic heterocycles. The Labute approximate surface area is 247 Å². The number of methoxy groups -OCH3 is 1. The molecule has 226 valence electrons. The summed E-state index contributed by atoms with van der Waals surface area (Å²) in [6, 6.07) is 9.84. The Morgan fingerprint density at radius 1 is 1.09 bits per heavy atom. The van der Waals surface area contributed by atoms with Crippen molar-refractivity contribution in [3.63, 3.8) is 0 Å². The standard InChI is InChI=1S/C32H34F3N5O3/c1-30(2)16-22-10-8-18(17-40(22)29(30)41)28-38-25(26-27(36)37-12-13-39(26)28)23-11-9-20(15-24(23)43-4)31(3,42)19-6-5-7-21(14-19)32(33,34)35/h5-7,9,11-15,18,22,42H,8,10,16-17H2,1-4H3,(H2,36,37)/t18-,22+,31?/m1/s1. The number of aromatic nitrogens is 3. The van der Waals surface area contributed by atoms with Crippen LogP contribution in [-0.2, 0) is 16.6 Å². The van der Waals surface area contributed by atoms with Gasteiger partial charge in [-0.25, -0.2) is 9.97 Å². The second kappa shape index (κ2) is 9.97. The number of carbonyl (C=O) groups is 1. The molecule has 43 heavy (non-hydrogen) atoms. The van der Waals surface area contributed by atoms with Crippen LogP contribution in [-0.4, -0.2) is 50.0 Å². The van der Waals surface area contributed by atoms with Crippen LogP contribution in [0.1, 0.15) is 68.5 Å². The maximum Gasteiger partial charge on any atom is 0.416 e. The van der Waals surface area contributed by atoms with Gasteiger partial charge in [0.1, 0.15) is 34.2 Å². The maximum atomic E-state index is 13.4. The zero-order valence-electron chi connectivity index (χ0n) is 24.4. The second-order valence-corrected chi connectivity index (χ2v) is 12.4. The topological polar surface area (TPSA) is 106 Å². The van der Waals surface area contributed by atoms with E-state index in [9.17, 15) is 23.1 Å². The third-order valence-corrected chi connectivity index (χ3v) is 9.04. The van der Waals surface area contributed by atoms with Crippen LogP contribution in [0.5, 0.6) is 5.75 Å². The van der Waals surface area contributed by atoms with Crippen molar-refractivity contribution in [2.24, 2.45) is 5.41 Å². The summed E-state index contributed by atoms with van der Waals surface area (Å²) >= 11 is 0. The minimum Gasteiger partial charge on any atom is -0.496 e. The fraction of sp³-hybridized carbons (Fsp3) is 0.406. The van der Waals surface area contributed by atoms with E-state index in [1.54, 1.807) is 30.6 Å². The number of imidazole rings is 1. The normalized spacial score (nSPS) is 21.6. The summed E-state index contributed by atoms with van der Waals surface area (Å²) in [6.07, 6.45) is 1.46.